The van der Waals surface area contributed by atoms with Gasteiger partial charge in [0.1, 0.15) is 5.75 Å². The van der Waals surface area contributed by atoms with Gasteiger partial charge in [-0.2, -0.15) is 0 Å². The van der Waals surface area contributed by atoms with Crippen LogP contribution in [0.3, 0.4) is 0 Å². The van der Waals surface area contributed by atoms with Crippen LogP contribution in [0.25, 0.3) is 0 Å². The van der Waals surface area contributed by atoms with E-state index >= 15 is 0 Å². The molecular formula is C18H20BrNO. The molecule has 1 aliphatic heterocycles. The number of nitrogens with zero attached hydrogens (tertiary/aromatic N) is 1. The van der Waals surface area contributed by atoms with Crippen LogP contribution in [-0.2, 0) is 18.6 Å². The molecule has 2 nitrogen and oxygen atoms in total. The molecule has 110 valence electrons. The smallest absolute Gasteiger partial charge is 0.118 e. The van der Waals surface area contributed by atoms with E-state index in [-0.39, 0.29) is 5.54 Å². The topological polar surface area (TPSA) is 12.5 Å². The minimum Gasteiger partial charge on any atom is -0.497 e. The van der Waals surface area contributed by atoms with E-state index in [0.29, 0.717) is 0 Å². The van der Waals surface area contributed by atoms with E-state index in [1.807, 2.05) is 12.1 Å². The van der Waals surface area contributed by atoms with E-state index in [1.165, 1.54) is 21.2 Å². The molecule has 3 heteroatoms. The molecule has 0 unspecified atom stereocenters. The first-order valence-corrected chi connectivity index (χ1v) is 7.97. The van der Waals surface area contributed by atoms with E-state index in [0.717, 1.165) is 18.8 Å². The van der Waals surface area contributed by atoms with Crippen molar-refractivity contribution in [3.8, 4) is 5.75 Å². The first-order valence-electron chi connectivity index (χ1n) is 7.18. The van der Waals surface area contributed by atoms with Crippen LogP contribution in [0, 0.1) is 0 Å². The molecule has 0 fully saturated rings. The molecule has 0 amide bonds. The van der Waals surface area contributed by atoms with Crippen molar-refractivity contribution in [1.29, 1.82) is 0 Å². The number of halogens is 1. The summed E-state index contributed by atoms with van der Waals surface area (Å²) in [5.41, 5.74) is 4.20. The molecule has 1 heterocycles. The lowest BCUT2D eigenvalue weighted by atomic mass is 9.93. The summed E-state index contributed by atoms with van der Waals surface area (Å²) < 4.78 is 6.44. The number of hydrogen-bond donors (Lipinski definition) is 0. The van der Waals surface area contributed by atoms with Crippen LogP contribution in [0.5, 0.6) is 5.75 Å². The largest absolute Gasteiger partial charge is 0.497 e. The Kier molecular flexibility index (Phi) is 3.80. The molecule has 0 atom stereocenters. The van der Waals surface area contributed by atoms with Crippen LogP contribution in [0.2, 0.25) is 0 Å². The first kappa shape index (κ1) is 14.6. The van der Waals surface area contributed by atoms with Gasteiger partial charge in [0.25, 0.3) is 0 Å². The average molecular weight is 346 g/mol. The Labute approximate surface area is 134 Å². The van der Waals surface area contributed by atoms with E-state index in [2.05, 4.69) is 65.0 Å². The van der Waals surface area contributed by atoms with Gasteiger partial charge in [0, 0.05) is 23.1 Å². The molecule has 21 heavy (non-hydrogen) atoms. The molecular weight excluding hydrogens is 326 g/mol. The summed E-state index contributed by atoms with van der Waals surface area (Å²) in [6.45, 7) is 6.53. The lowest BCUT2D eigenvalue weighted by Gasteiger charge is -2.32. The number of benzene rings is 2. The Bertz CT molecular complexity index is 649. The van der Waals surface area contributed by atoms with Gasteiger partial charge in [-0.15, -0.1) is 0 Å². The summed E-state index contributed by atoms with van der Waals surface area (Å²) in [4.78, 5) is 2.52. The highest BCUT2D eigenvalue weighted by atomic mass is 79.9. The fourth-order valence-corrected chi connectivity index (χ4v) is 3.55. The van der Waals surface area contributed by atoms with Gasteiger partial charge in [-0.1, -0.05) is 40.2 Å². The molecule has 0 bridgehead atoms. The van der Waals surface area contributed by atoms with Crippen molar-refractivity contribution in [2.75, 3.05) is 7.11 Å². The monoisotopic (exact) mass is 345 g/mol. The quantitative estimate of drug-likeness (QED) is 0.798. The van der Waals surface area contributed by atoms with Gasteiger partial charge in [0.15, 0.2) is 0 Å². The van der Waals surface area contributed by atoms with Crippen LogP contribution in [0.15, 0.2) is 46.9 Å². The number of rotatable bonds is 3. The summed E-state index contributed by atoms with van der Waals surface area (Å²) in [6, 6.07) is 14.9. The van der Waals surface area contributed by atoms with Crippen LogP contribution < -0.4 is 4.74 Å². The maximum absolute atomic E-state index is 5.23. The van der Waals surface area contributed by atoms with Gasteiger partial charge in [0.05, 0.1) is 7.11 Å². The molecule has 0 aromatic heterocycles. The minimum absolute atomic E-state index is 0.0546. The molecule has 0 saturated heterocycles. The molecule has 0 spiro atoms. The lowest BCUT2D eigenvalue weighted by Crippen LogP contribution is -2.34. The van der Waals surface area contributed by atoms with E-state index in [1.54, 1.807) is 7.11 Å². The number of methoxy groups -OCH3 is 1. The zero-order chi connectivity index (χ0) is 15.0. The summed E-state index contributed by atoms with van der Waals surface area (Å²) >= 11 is 3.69. The summed E-state index contributed by atoms with van der Waals surface area (Å²) in [5, 5.41) is 0. The average Bonchev–Trinajstić information content (AvgIpc) is 2.73. The van der Waals surface area contributed by atoms with Crippen molar-refractivity contribution in [1.82, 2.24) is 4.90 Å². The summed E-state index contributed by atoms with van der Waals surface area (Å²) in [6.07, 6.45) is 0. The first-order chi connectivity index (χ1) is 10.0. The third-order valence-electron chi connectivity index (χ3n) is 4.45. The summed E-state index contributed by atoms with van der Waals surface area (Å²) in [5.74, 6) is 0.908. The highest BCUT2D eigenvalue weighted by Crippen LogP contribution is 2.42. The van der Waals surface area contributed by atoms with Gasteiger partial charge in [-0.05, 0) is 48.7 Å². The Morgan fingerprint density at radius 3 is 2.48 bits per heavy atom. The molecule has 3 rings (SSSR count). The Balaban J connectivity index is 1.86. The third kappa shape index (κ3) is 2.60. The molecule has 0 saturated carbocycles. The number of hydrogen-bond acceptors (Lipinski definition) is 2. The van der Waals surface area contributed by atoms with Gasteiger partial charge >= 0.3 is 0 Å². The Hall–Kier alpha value is -1.32. The van der Waals surface area contributed by atoms with Crippen molar-refractivity contribution in [2.24, 2.45) is 0 Å². The number of fused-ring (bicyclic) bond motifs is 1. The molecule has 2 aromatic rings. The standard InChI is InChI=1S/C18H20BrNO/c1-18(2)16-5-4-6-17(19)15(16)12-20(18)11-13-7-9-14(21-3)10-8-13/h4-10H,11-12H2,1-3H3. The van der Waals surface area contributed by atoms with E-state index in [9.17, 15) is 0 Å². The van der Waals surface area contributed by atoms with Crippen LogP contribution in [0.4, 0.5) is 0 Å². The zero-order valence-corrected chi connectivity index (χ0v) is 14.3. The molecule has 2 aromatic carbocycles. The SMILES string of the molecule is COc1ccc(CN2Cc3c(Br)cccc3C2(C)C)cc1. The Morgan fingerprint density at radius 1 is 1.14 bits per heavy atom. The van der Waals surface area contributed by atoms with E-state index < -0.39 is 0 Å². The van der Waals surface area contributed by atoms with Crippen LogP contribution in [0.1, 0.15) is 30.5 Å². The second-order valence-electron chi connectivity index (χ2n) is 6.03. The third-order valence-corrected chi connectivity index (χ3v) is 5.19. The highest BCUT2D eigenvalue weighted by Gasteiger charge is 2.37. The van der Waals surface area contributed by atoms with Gasteiger partial charge in [0.2, 0.25) is 0 Å². The highest BCUT2D eigenvalue weighted by molar-refractivity contribution is 9.10. The zero-order valence-electron chi connectivity index (χ0n) is 12.7. The van der Waals surface area contributed by atoms with E-state index in [4.69, 9.17) is 4.74 Å². The maximum atomic E-state index is 5.23. The molecule has 0 radical (unpaired) electrons. The second-order valence-corrected chi connectivity index (χ2v) is 6.88. The van der Waals surface area contributed by atoms with Crippen molar-refractivity contribution in [3.05, 3.63) is 63.6 Å². The van der Waals surface area contributed by atoms with Crippen molar-refractivity contribution in [3.63, 3.8) is 0 Å². The molecule has 0 N–H and O–H groups in total. The normalized spacial score (nSPS) is 16.8. The van der Waals surface area contributed by atoms with Gasteiger partial charge in [-0.3, -0.25) is 4.90 Å². The molecule has 0 aliphatic carbocycles. The fourth-order valence-electron chi connectivity index (χ4n) is 3.06. The lowest BCUT2D eigenvalue weighted by molar-refractivity contribution is 0.128. The van der Waals surface area contributed by atoms with Crippen molar-refractivity contribution >= 4 is 15.9 Å². The van der Waals surface area contributed by atoms with Crippen molar-refractivity contribution in [2.45, 2.75) is 32.5 Å². The fraction of sp³-hybridized carbons (Fsp3) is 0.333. The van der Waals surface area contributed by atoms with Crippen LogP contribution in [-0.4, -0.2) is 12.0 Å². The van der Waals surface area contributed by atoms with Gasteiger partial charge < -0.3 is 4.74 Å². The number of ether oxygens (including phenoxy) is 1. The predicted molar refractivity (Wildman–Crippen MR) is 89.4 cm³/mol. The second kappa shape index (κ2) is 5.47. The molecule has 1 aliphatic rings. The summed E-state index contributed by atoms with van der Waals surface area (Å²) in [7, 11) is 1.70. The van der Waals surface area contributed by atoms with Gasteiger partial charge in [-0.25, -0.2) is 0 Å². The predicted octanol–water partition coefficient (Wildman–Crippen LogP) is 4.71. The minimum atomic E-state index is 0.0546. The Morgan fingerprint density at radius 2 is 1.86 bits per heavy atom. The van der Waals surface area contributed by atoms with Crippen LogP contribution >= 0.6 is 15.9 Å². The maximum Gasteiger partial charge on any atom is 0.118 e. The van der Waals surface area contributed by atoms with Crippen molar-refractivity contribution < 1.29 is 4.74 Å².